The van der Waals surface area contributed by atoms with Gasteiger partial charge in [-0.1, -0.05) is 77.1 Å². The third kappa shape index (κ3) is 9.48. The molecule has 0 aromatic heterocycles. The van der Waals surface area contributed by atoms with Gasteiger partial charge in [-0.05, 0) is 54.3 Å². The molecule has 3 aromatic rings. The Hall–Kier alpha value is -4.05. The summed E-state index contributed by atoms with van der Waals surface area (Å²) in [5, 5.41) is 18.2. The van der Waals surface area contributed by atoms with Crippen molar-refractivity contribution < 1.29 is 28.7 Å². The van der Waals surface area contributed by atoms with Crippen LogP contribution in [0.3, 0.4) is 0 Å². The van der Waals surface area contributed by atoms with Crippen molar-refractivity contribution in [3.8, 4) is 5.75 Å². The van der Waals surface area contributed by atoms with Crippen LogP contribution in [0.4, 0.5) is 5.69 Å². The second kappa shape index (κ2) is 16.5. The van der Waals surface area contributed by atoms with E-state index in [1.54, 1.807) is 33.9 Å². The lowest BCUT2D eigenvalue weighted by molar-refractivity contribution is -0.878. The lowest BCUT2D eigenvalue weighted by Gasteiger charge is -2.44. The monoisotopic (exact) mass is 631 g/mol. The lowest BCUT2D eigenvalue weighted by atomic mass is 9.93. The van der Waals surface area contributed by atoms with Gasteiger partial charge in [-0.15, -0.1) is 0 Å². The molecule has 3 rings (SSSR count). The molecule has 0 fully saturated rings. The van der Waals surface area contributed by atoms with Crippen molar-refractivity contribution >= 4 is 23.4 Å². The molecule has 0 saturated heterocycles. The zero-order chi connectivity index (χ0) is 33.9. The molecule has 0 spiro atoms. The number of nitrogens with zero attached hydrogens (tertiary/aromatic N) is 1. The van der Waals surface area contributed by atoms with Gasteiger partial charge >= 0.3 is 5.91 Å². The van der Waals surface area contributed by atoms with Gasteiger partial charge in [0.15, 0.2) is 0 Å². The number of nitrogens with one attached hydrogen (secondary N) is 2. The Morgan fingerprint density at radius 1 is 0.891 bits per heavy atom. The van der Waals surface area contributed by atoms with Gasteiger partial charge in [-0.3, -0.25) is 14.1 Å². The number of methoxy groups -OCH3 is 1. The first kappa shape index (κ1) is 36.4. The number of amides is 3. The fraction of sp³-hybridized carbons (Fsp3) is 0.432. The van der Waals surface area contributed by atoms with Gasteiger partial charge in [0.05, 0.1) is 25.8 Å². The fourth-order valence-electron chi connectivity index (χ4n) is 5.91. The standard InChI is InChI=1S/C37H50N4O5/c1-7-17-41(18-8-2,35(44)29-21-28(34(38)43)22-30(23-29)40-36(45)37(3,4)5)32(20-26-13-10-9-11-14-26)33(42)25-39-24-27-15-12-16-31(19-27)46-6/h9-16,19,21-23,32-33,39,42H,7-8,17-18,20,24-25H2,1-6H3,(H2-,38,40,43,45)/p+1/t32-,33+/m0/s1. The molecule has 0 aliphatic carbocycles. The molecule has 3 aromatic carbocycles. The van der Waals surface area contributed by atoms with Gasteiger partial charge in [0.1, 0.15) is 17.9 Å². The summed E-state index contributed by atoms with van der Waals surface area (Å²) in [5.41, 5.74) is 7.74. The van der Waals surface area contributed by atoms with E-state index in [4.69, 9.17) is 10.5 Å². The number of carbonyl (C=O) groups excluding carboxylic acids is 3. The van der Waals surface area contributed by atoms with Crippen LogP contribution in [0, 0.1) is 5.41 Å². The number of anilines is 1. The van der Waals surface area contributed by atoms with Crippen molar-refractivity contribution in [2.24, 2.45) is 11.1 Å². The lowest BCUT2D eigenvalue weighted by Crippen LogP contribution is -2.65. The van der Waals surface area contributed by atoms with Crippen molar-refractivity contribution in [3.05, 3.63) is 95.1 Å². The largest absolute Gasteiger partial charge is 0.497 e. The van der Waals surface area contributed by atoms with E-state index in [2.05, 4.69) is 10.6 Å². The number of benzene rings is 3. The number of aliphatic hydroxyl groups is 1. The van der Waals surface area contributed by atoms with Crippen molar-refractivity contribution in [1.29, 1.82) is 0 Å². The summed E-state index contributed by atoms with van der Waals surface area (Å²) in [6, 6.07) is 21.7. The van der Waals surface area contributed by atoms with Crippen LogP contribution in [0.2, 0.25) is 0 Å². The number of nitrogens with two attached hydrogens (primary N) is 1. The molecular formula is C37H51N4O5+. The number of rotatable bonds is 16. The van der Waals surface area contributed by atoms with E-state index in [0.29, 0.717) is 44.6 Å². The van der Waals surface area contributed by atoms with Gasteiger partial charge in [-0.2, -0.15) is 0 Å². The Morgan fingerprint density at radius 3 is 2.11 bits per heavy atom. The van der Waals surface area contributed by atoms with Crippen molar-refractivity contribution in [1.82, 2.24) is 5.32 Å². The maximum atomic E-state index is 14.9. The number of aliphatic hydroxyl groups excluding tert-OH is 1. The van der Waals surface area contributed by atoms with E-state index in [9.17, 15) is 19.5 Å². The Morgan fingerprint density at radius 2 is 1.52 bits per heavy atom. The zero-order valence-electron chi connectivity index (χ0n) is 28.1. The molecule has 0 heterocycles. The number of primary amides is 1. The quantitative estimate of drug-likeness (QED) is 0.158. The van der Waals surface area contributed by atoms with Crippen LogP contribution in [0.15, 0.2) is 72.8 Å². The third-order valence-electron chi connectivity index (χ3n) is 8.24. The SMILES string of the molecule is CCC[N+](CCC)(C(=O)c1cc(NC(=O)C(C)(C)C)cc(C(N)=O)c1)[C@@H](Cc1ccccc1)[C@H](O)CNCc1cccc(OC)c1. The van der Waals surface area contributed by atoms with Crippen LogP contribution in [0.1, 0.15) is 79.3 Å². The van der Waals surface area contributed by atoms with Crippen LogP contribution < -0.4 is 21.1 Å². The average Bonchev–Trinajstić information content (AvgIpc) is 3.03. The first-order chi connectivity index (χ1) is 21.8. The van der Waals surface area contributed by atoms with E-state index in [1.165, 1.54) is 12.1 Å². The zero-order valence-corrected chi connectivity index (χ0v) is 28.1. The number of carbonyl (C=O) groups is 3. The molecule has 0 aliphatic rings. The molecule has 5 N–H and O–H groups in total. The van der Waals surface area contributed by atoms with E-state index >= 15 is 0 Å². The molecule has 46 heavy (non-hydrogen) atoms. The van der Waals surface area contributed by atoms with Crippen LogP contribution in [0.25, 0.3) is 0 Å². The molecule has 9 nitrogen and oxygen atoms in total. The van der Waals surface area contributed by atoms with E-state index in [0.717, 1.165) is 16.9 Å². The Bertz CT molecular complexity index is 1460. The van der Waals surface area contributed by atoms with Crippen LogP contribution >= 0.6 is 0 Å². The molecule has 248 valence electrons. The number of hydrogen-bond donors (Lipinski definition) is 4. The van der Waals surface area contributed by atoms with Gasteiger partial charge in [0, 0.05) is 36.2 Å². The molecule has 0 bridgehead atoms. The molecule has 9 heteroatoms. The van der Waals surface area contributed by atoms with Crippen LogP contribution in [0.5, 0.6) is 5.75 Å². The summed E-state index contributed by atoms with van der Waals surface area (Å²) in [7, 11) is 1.63. The second-order valence-corrected chi connectivity index (χ2v) is 13.0. The molecule has 3 amide bonds. The van der Waals surface area contributed by atoms with Gasteiger partial charge < -0.3 is 26.2 Å². The summed E-state index contributed by atoms with van der Waals surface area (Å²) in [5.74, 6) is -0.432. The van der Waals surface area contributed by atoms with Crippen molar-refractivity contribution in [2.45, 2.75) is 72.6 Å². The minimum Gasteiger partial charge on any atom is -0.497 e. The van der Waals surface area contributed by atoms with Crippen LogP contribution in [-0.2, 0) is 17.8 Å². The van der Waals surface area contributed by atoms with Gasteiger partial charge in [0.2, 0.25) is 11.8 Å². The second-order valence-electron chi connectivity index (χ2n) is 13.0. The molecule has 0 saturated carbocycles. The third-order valence-corrected chi connectivity index (χ3v) is 8.24. The highest BCUT2D eigenvalue weighted by Gasteiger charge is 2.47. The Balaban J connectivity index is 2.08. The van der Waals surface area contributed by atoms with Gasteiger partial charge in [-0.25, -0.2) is 4.79 Å². The smallest absolute Gasteiger partial charge is 0.346 e. The number of hydrogen-bond acceptors (Lipinski definition) is 6. The highest BCUT2D eigenvalue weighted by Crippen LogP contribution is 2.29. The molecule has 2 atom stereocenters. The first-order valence-corrected chi connectivity index (χ1v) is 16.1. The highest BCUT2D eigenvalue weighted by atomic mass is 16.5. The van der Waals surface area contributed by atoms with Crippen LogP contribution in [-0.4, -0.2) is 66.2 Å². The fourth-order valence-corrected chi connectivity index (χ4v) is 5.91. The number of ether oxygens (including phenoxy) is 1. The summed E-state index contributed by atoms with van der Waals surface area (Å²) in [4.78, 5) is 40.2. The summed E-state index contributed by atoms with van der Waals surface area (Å²) < 4.78 is 5.32. The van der Waals surface area contributed by atoms with Gasteiger partial charge in [0.25, 0.3) is 0 Å². The summed E-state index contributed by atoms with van der Waals surface area (Å²) in [6.45, 7) is 11.1. The minimum absolute atomic E-state index is 0.0290. The molecule has 0 unspecified atom stereocenters. The van der Waals surface area contributed by atoms with E-state index in [-0.39, 0.29) is 34.0 Å². The maximum absolute atomic E-state index is 14.9. The van der Waals surface area contributed by atoms with E-state index < -0.39 is 23.5 Å². The average molecular weight is 632 g/mol. The Kier molecular flexibility index (Phi) is 13.1. The number of quaternary nitrogens is 1. The predicted octanol–water partition coefficient (Wildman–Crippen LogP) is 5.32. The molecular weight excluding hydrogens is 580 g/mol. The predicted molar refractivity (Wildman–Crippen MR) is 183 cm³/mol. The maximum Gasteiger partial charge on any atom is 0.346 e. The van der Waals surface area contributed by atoms with E-state index in [1.807, 2.05) is 68.4 Å². The Labute approximate surface area is 273 Å². The van der Waals surface area contributed by atoms with Crippen molar-refractivity contribution in [3.63, 3.8) is 0 Å². The summed E-state index contributed by atoms with van der Waals surface area (Å²) in [6.07, 6.45) is 0.929. The summed E-state index contributed by atoms with van der Waals surface area (Å²) >= 11 is 0. The first-order valence-electron chi connectivity index (χ1n) is 16.1. The minimum atomic E-state index is -0.896. The molecule has 0 aliphatic heterocycles. The topological polar surface area (TPSA) is 131 Å². The highest BCUT2D eigenvalue weighted by molar-refractivity contribution is 6.01. The van der Waals surface area contributed by atoms with Crippen molar-refractivity contribution in [2.75, 3.05) is 32.1 Å². The normalized spacial score (nSPS) is 13.1. The molecule has 0 radical (unpaired) electrons.